The first-order chi connectivity index (χ1) is 44.4. The number of aliphatic hydroxyl groups excluding tert-OH is 6. The zero-order chi connectivity index (χ0) is 70.4. The highest BCUT2D eigenvalue weighted by atomic mass is 16.7. The van der Waals surface area contributed by atoms with E-state index in [1.807, 2.05) is 62.3 Å². The Morgan fingerprint density at radius 2 is 0.958 bits per heavy atom. The monoisotopic (exact) mass is 1360 g/mol. The van der Waals surface area contributed by atoms with E-state index in [4.69, 9.17) is 61.6 Å². The highest BCUT2D eigenvalue weighted by molar-refractivity contribution is 5.73. The third-order valence-corrected chi connectivity index (χ3v) is 23.7. The van der Waals surface area contributed by atoms with Crippen LogP contribution in [-0.4, -0.2) is 279 Å². The minimum Gasteiger partial charge on any atom is -0.459 e. The number of methoxy groups -OCH3 is 1. The molecule has 9 saturated heterocycles. The third-order valence-electron chi connectivity index (χ3n) is 23.7. The zero-order valence-corrected chi connectivity index (χ0v) is 60.4. The van der Waals surface area contributed by atoms with Crippen LogP contribution in [0.3, 0.4) is 0 Å². The molecule has 9 rings (SSSR count). The molecule has 0 aromatic carbocycles. The second kappa shape index (κ2) is 31.8. The standard InChI is InChI=1S/C39H69NO13.C31H55NO10/c1-12-27(41)39(10,45)34-22(4)30-20(2)18-38(9,53-30)33(52-36-29(42)26(17-21(3)48-36)40-13-15-47-16-14-40)23(5)31(24(6)35(44)51-34)50-28-19-37(8,46-11)32(43)25(7)49-28;1-9-22(33)31(8,37)27-20(6)25-16(2)15-30(7,42-25)26(18(4)23(34)19(5)28(36)40-27)41-29-24(35)21(14-17(3)39-29)32-10-12-38-13-11-32/h20-34,36,41-43,45H,12-19H2,1-11H3;16-27,29,33-35,37H,9-15H2,1-8H3/t20?,21?,22-,23-,24+,25?,26?,27+,28-,29?,30?,31-,32-,33+,34+,36-,37?,38+,39+;16?,17?,18-,19+,20-,21?,22+,23-,24?,25?,26+,27+,29-,30+,31+/m00/s1. The Hall–Kier alpha value is -1.90. The lowest BCUT2D eigenvalue weighted by molar-refractivity contribution is -0.319. The number of fused-ring (bicyclic) bond motifs is 4. The maximum atomic E-state index is 14.4. The van der Waals surface area contributed by atoms with Crippen LogP contribution in [0.4, 0.5) is 0 Å². The average Bonchev–Trinajstić information content (AvgIpc) is 1.64. The number of hydrogen-bond donors (Lipinski definition) is 8. The van der Waals surface area contributed by atoms with Crippen molar-refractivity contribution in [3.8, 4) is 0 Å². The number of nitrogens with zero attached hydrogens (tertiary/aromatic N) is 2. The van der Waals surface area contributed by atoms with Crippen LogP contribution in [0.25, 0.3) is 0 Å². The van der Waals surface area contributed by atoms with Gasteiger partial charge in [0.1, 0.15) is 41.7 Å². The maximum Gasteiger partial charge on any atom is 0.311 e. The van der Waals surface area contributed by atoms with Gasteiger partial charge in [-0.25, -0.2) is 0 Å². The van der Waals surface area contributed by atoms with Crippen LogP contribution in [-0.2, 0) is 71.2 Å². The van der Waals surface area contributed by atoms with Crippen LogP contribution >= 0.6 is 0 Å². The van der Waals surface area contributed by atoms with Gasteiger partial charge < -0.3 is 102 Å². The van der Waals surface area contributed by atoms with Crippen molar-refractivity contribution in [2.24, 2.45) is 47.3 Å². The van der Waals surface area contributed by atoms with Crippen LogP contribution < -0.4 is 0 Å². The fourth-order valence-corrected chi connectivity index (χ4v) is 17.9. The fourth-order valence-electron chi connectivity index (χ4n) is 17.9. The van der Waals surface area contributed by atoms with Gasteiger partial charge in [0.15, 0.2) is 18.9 Å². The van der Waals surface area contributed by atoms with Crippen LogP contribution in [0.1, 0.15) is 170 Å². The summed E-state index contributed by atoms with van der Waals surface area (Å²) in [6.45, 7) is 38.1. The van der Waals surface area contributed by atoms with E-state index >= 15 is 0 Å². The van der Waals surface area contributed by atoms with E-state index in [1.54, 1.807) is 41.5 Å². The second-order valence-electron chi connectivity index (χ2n) is 31.3. The van der Waals surface area contributed by atoms with Crippen molar-refractivity contribution in [1.82, 2.24) is 9.80 Å². The van der Waals surface area contributed by atoms with E-state index in [9.17, 15) is 50.4 Å². The molecule has 34 atom stereocenters. The molecule has 0 aromatic rings. The fraction of sp³-hybridized carbons (Fsp3) is 0.971. The summed E-state index contributed by atoms with van der Waals surface area (Å²) in [5, 5.41) is 91.0. The first kappa shape index (κ1) is 78.8. The zero-order valence-electron chi connectivity index (χ0n) is 60.4. The molecular formula is C70H124N2O23. The molecule has 0 aromatic heterocycles. The molecule has 0 aliphatic carbocycles. The van der Waals surface area contributed by atoms with Gasteiger partial charge in [0.25, 0.3) is 0 Å². The number of carbonyl (C=O) groups excluding carboxylic acids is 2. The first-order valence-electron chi connectivity index (χ1n) is 35.8. The Labute approximate surface area is 565 Å². The van der Waals surface area contributed by atoms with Crippen molar-refractivity contribution in [3.63, 3.8) is 0 Å². The summed E-state index contributed by atoms with van der Waals surface area (Å²) in [4.78, 5) is 32.3. The minimum absolute atomic E-state index is 0.0229. The van der Waals surface area contributed by atoms with Crippen LogP contribution in [0, 0.1) is 47.3 Å². The quantitative estimate of drug-likeness (QED) is 0.108. The minimum atomic E-state index is -1.79. The molecule has 9 aliphatic heterocycles. The summed E-state index contributed by atoms with van der Waals surface area (Å²) in [6.07, 6.45) is -12.6. The number of aliphatic hydroxyl groups is 8. The lowest BCUT2D eigenvalue weighted by atomic mass is 9.76. The van der Waals surface area contributed by atoms with E-state index in [0.29, 0.717) is 65.2 Å². The molecule has 552 valence electrons. The molecule has 4 bridgehead atoms. The molecule has 9 heterocycles. The van der Waals surface area contributed by atoms with Crippen LogP contribution in [0.5, 0.6) is 0 Å². The van der Waals surface area contributed by atoms with Crippen molar-refractivity contribution in [3.05, 3.63) is 0 Å². The highest BCUT2D eigenvalue weighted by Crippen LogP contribution is 2.51. The van der Waals surface area contributed by atoms with Crippen LogP contribution in [0.2, 0.25) is 0 Å². The first-order valence-corrected chi connectivity index (χ1v) is 35.8. The van der Waals surface area contributed by atoms with Crippen molar-refractivity contribution in [1.29, 1.82) is 0 Å². The summed E-state index contributed by atoms with van der Waals surface area (Å²) in [7, 11) is 1.53. The summed E-state index contributed by atoms with van der Waals surface area (Å²) in [5.41, 5.74) is -6.40. The topological polar surface area (TPSA) is 322 Å². The molecule has 9 aliphatic rings. The van der Waals surface area contributed by atoms with Gasteiger partial charge in [0, 0.05) is 75.5 Å². The Kier molecular flexibility index (Phi) is 26.4. The second-order valence-corrected chi connectivity index (χ2v) is 31.3. The Balaban J connectivity index is 0.000000250. The van der Waals surface area contributed by atoms with Gasteiger partial charge in [0.05, 0.1) is 122 Å². The summed E-state index contributed by atoms with van der Waals surface area (Å²) in [6, 6.07) is -0.379. The molecular weight excluding hydrogens is 1240 g/mol. The number of cyclic esters (lactones) is 2. The van der Waals surface area contributed by atoms with Crippen molar-refractivity contribution in [2.75, 3.05) is 59.7 Å². The van der Waals surface area contributed by atoms with E-state index in [1.165, 1.54) is 21.0 Å². The molecule has 0 radical (unpaired) electrons. The lowest BCUT2D eigenvalue weighted by Crippen LogP contribution is -2.61. The van der Waals surface area contributed by atoms with Gasteiger partial charge in [-0.3, -0.25) is 19.4 Å². The van der Waals surface area contributed by atoms with E-state index in [2.05, 4.69) is 16.7 Å². The number of carbonyl (C=O) groups is 2. The van der Waals surface area contributed by atoms with Crippen LogP contribution in [0.15, 0.2) is 0 Å². The van der Waals surface area contributed by atoms with Crippen molar-refractivity contribution >= 4 is 11.9 Å². The molecule has 25 heteroatoms. The molecule has 12 unspecified atom stereocenters. The Morgan fingerprint density at radius 3 is 1.36 bits per heavy atom. The third kappa shape index (κ3) is 16.6. The van der Waals surface area contributed by atoms with E-state index in [0.717, 1.165) is 13.1 Å². The predicted molar refractivity (Wildman–Crippen MR) is 346 cm³/mol. The van der Waals surface area contributed by atoms with E-state index < -0.39 is 180 Å². The summed E-state index contributed by atoms with van der Waals surface area (Å²) in [5.74, 6) is -5.44. The Morgan fingerprint density at radius 1 is 0.558 bits per heavy atom. The van der Waals surface area contributed by atoms with Gasteiger partial charge in [-0.15, -0.1) is 0 Å². The van der Waals surface area contributed by atoms with Gasteiger partial charge in [-0.1, -0.05) is 55.4 Å². The molecule has 0 spiro atoms. The smallest absolute Gasteiger partial charge is 0.311 e. The SMILES string of the molecule is CC[C@@H](O)[C@@](C)(O)[C@@H]1OC(=O)[C@H](C)[C@@H](O)[C@H](C)[C@@H](O[C@@H]2OC(C)CC(N3CCOCC3)C2O)[C@@]2(C)CC(C)C(O2)[C@@H]1C.CC[C@@H](O)[C@@](C)(O)[C@@H]1OC(=O)[C@H](C)[C@@H](O[C@H]2CC(C)(OC)[C@@H](O)C(C)O2)[C@H](C)[C@@H](O[C@@H]2OC(C)CC(N3CCOCC3)C2O)[C@@]2(C)CC(C)C(O2)[C@@H]1C. The summed E-state index contributed by atoms with van der Waals surface area (Å²) < 4.78 is 82.2. The highest BCUT2D eigenvalue weighted by Gasteiger charge is 2.61. The van der Waals surface area contributed by atoms with Crippen molar-refractivity contribution in [2.45, 2.75) is 326 Å². The Bertz CT molecular complexity index is 2460. The summed E-state index contributed by atoms with van der Waals surface area (Å²) >= 11 is 0. The molecule has 0 amide bonds. The molecule has 25 nitrogen and oxygen atoms in total. The largest absolute Gasteiger partial charge is 0.459 e. The number of ether oxygens (including phenoxy) is 13. The number of hydrogen-bond acceptors (Lipinski definition) is 25. The van der Waals surface area contributed by atoms with Gasteiger partial charge in [-0.2, -0.15) is 0 Å². The molecule has 95 heavy (non-hydrogen) atoms. The number of esters is 2. The van der Waals surface area contributed by atoms with Gasteiger partial charge >= 0.3 is 11.9 Å². The van der Waals surface area contributed by atoms with Crippen molar-refractivity contribution < 1.29 is 112 Å². The van der Waals surface area contributed by atoms with Gasteiger partial charge in [-0.05, 0) is 120 Å². The normalized spacial score (nSPS) is 48.9. The average molecular weight is 1360 g/mol. The molecule has 8 N–H and O–H groups in total. The predicted octanol–water partition coefficient (Wildman–Crippen LogP) is 3.86. The molecule has 9 fully saturated rings. The lowest BCUT2D eigenvalue weighted by Gasteiger charge is -2.49. The maximum absolute atomic E-state index is 14.4. The number of rotatable bonds is 15. The van der Waals surface area contributed by atoms with Gasteiger partial charge in [0.2, 0.25) is 0 Å². The number of morpholine rings is 2. The van der Waals surface area contributed by atoms with E-state index in [-0.39, 0.29) is 55.4 Å². The molecule has 0 saturated carbocycles.